The minimum Gasteiger partial charge on any atom is -0.370 e. The third kappa shape index (κ3) is 2.86. The van der Waals surface area contributed by atoms with Crippen molar-refractivity contribution < 1.29 is 0 Å². The van der Waals surface area contributed by atoms with E-state index in [1.54, 1.807) is 0 Å². The summed E-state index contributed by atoms with van der Waals surface area (Å²) in [6, 6.07) is 6.73. The van der Waals surface area contributed by atoms with Crippen LogP contribution in [0, 0.1) is 6.92 Å². The molecule has 0 spiro atoms. The average Bonchev–Trinajstić information content (AvgIpc) is 2.63. The number of aryl methyl sites for hydroxylation is 1. The van der Waals surface area contributed by atoms with Crippen molar-refractivity contribution >= 4 is 5.69 Å². The van der Waals surface area contributed by atoms with Crippen LogP contribution in [0.3, 0.4) is 0 Å². The van der Waals surface area contributed by atoms with Crippen molar-refractivity contribution in [2.24, 2.45) is 0 Å². The molecule has 1 aromatic carbocycles. The third-order valence-corrected chi connectivity index (χ3v) is 4.12. The maximum atomic E-state index is 2.58. The first-order valence-electron chi connectivity index (χ1n) is 7.32. The number of hydrogen-bond donors (Lipinski definition) is 0. The largest absolute Gasteiger partial charge is 0.370 e. The van der Waals surface area contributed by atoms with E-state index < -0.39 is 0 Å². The Morgan fingerprint density at radius 3 is 2.61 bits per heavy atom. The fourth-order valence-corrected chi connectivity index (χ4v) is 2.97. The second-order valence-electron chi connectivity index (χ2n) is 5.20. The van der Waals surface area contributed by atoms with Crippen molar-refractivity contribution in [2.75, 3.05) is 37.6 Å². The summed E-state index contributed by atoms with van der Waals surface area (Å²) < 4.78 is 0. The number of nitrogens with zero attached hydrogens (tertiary/aromatic N) is 2. The maximum absolute atomic E-state index is 2.58. The molecule has 1 aliphatic rings. The molecule has 0 amide bonds. The lowest BCUT2D eigenvalue weighted by atomic mass is 10.0. The molecule has 0 bridgehead atoms. The highest BCUT2D eigenvalue weighted by molar-refractivity contribution is 5.56. The molecule has 0 saturated carbocycles. The second-order valence-corrected chi connectivity index (χ2v) is 5.20. The highest BCUT2D eigenvalue weighted by Gasteiger charge is 2.16. The number of benzene rings is 1. The highest BCUT2D eigenvalue weighted by Crippen LogP contribution is 2.25. The fourth-order valence-electron chi connectivity index (χ4n) is 2.97. The van der Waals surface area contributed by atoms with Crippen molar-refractivity contribution in [3.63, 3.8) is 0 Å². The van der Waals surface area contributed by atoms with Crippen LogP contribution in [0.5, 0.6) is 0 Å². The Kier molecular flexibility index (Phi) is 4.65. The van der Waals surface area contributed by atoms with Crippen molar-refractivity contribution in [1.82, 2.24) is 4.90 Å². The van der Waals surface area contributed by atoms with Crippen LogP contribution in [0.1, 0.15) is 31.4 Å². The lowest BCUT2D eigenvalue weighted by Gasteiger charge is -2.26. The summed E-state index contributed by atoms with van der Waals surface area (Å²) in [5.74, 6) is 0. The number of anilines is 1. The van der Waals surface area contributed by atoms with E-state index in [9.17, 15) is 0 Å². The molecular weight excluding hydrogens is 220 g/mol. The molecule has 0 aromatic heterocycles. The average molecular weight is 246 g/mol. The number of rotatable bonds is 3. The van der Waals surface area contributed by atoms with Gasteiger partial charge in [-0.1, -0.05) is 26.0 Å². The molecule has 2 heteroatoms. The summed E-state index contributed by atoms with van der Waals surface area (Å²) in [5.41, 5.74) is 4.43. The molecule has 1 aromatic rings. The minimum absolute atomic E-state index is 1.13. The first-order valence-corrected chi connectivity index (χ1v) is 7.32. The molecule has 2 nitrogen and oxygen atoms in total. The molecule has 18 heavy (non-hydrogen) atoms. The first kappa shape index (κ1) is 13.4. The van der Waals surface area contributed by atoms with Crippen LogP contribution in [-0.4, -0.2) is 37.6 Å². The van der Waals surface area contributed by atoms with E-state index >= 15 is 0 Å². The lowest BCUT2D eigenvalue weighted by molar-refractivity contribution is 0.310. The van der Waals surface area contributed by atoms with Gasteiger partial charge in [0.25, 0.3) is 0 Å². The van der Waals surface area contributed by atoms with E-state index in [-0.39, 0.29) is 0 Å². The third-order valence-electron chi connectivity index (χ3n) is 4.12. The monoisotopic (exact) mass is 246 g/mol. The molecular formula is C16H26N2. The molecule has 0 radical (unpaired) electrons. The first-order chi connectivity index (χ1) is 8.76. The van der Waals surface area contributed by atoms with Gasteiger partial charge in [0.05, 0.1) is 0 Å². The highest BCUT2D eigenvalue weighted by atomic mass is 15.2. The predicted molar refractivity (Wildman–Crippen MR) is 79.5 cm³/mol. The van der Waals surface area contributed by atoms with E-state index in [2.05, 4.69) is 48.8 Å². The Morgan fingerprint density at radius 2 is 1.89 bits per heavy atom. The molecule has 1 heterocycles. The van der Waals surface area contributed by atoms with Crippen LogP contribution in [0.2, 0.25) is 0 Å². The van der Waals surface area contributed by atoms with Gasteiger partial charge >= 0.3 is 0 Å². The van der Waals surface area contributed by atoms with Crippen LogP contribution < -0.4 is 4.90 Å². The zero-order chi connectivity index (χ0) is 13.0. The Bertz CT molecular complexity index is 387. The zero-order valence-electron chi connectivity index (χ0n) is 12.1. The normalized spacial score (nSPS) is 17.8. The van der Waals surface area contributed by atoms with Gasteiger partial charge in [-0.15, -0.1) is 0 Å². The molecule has 1 saturated heterocycles. The van der Waals surface area contributed by atoms with Crippen LogP contribution >= 0.6 is 0 Å². The smallest absolute Gasteiger partial charge is 0.0401 e. The summed E-state index contributed by atoms with van der Waals surface area (Å²) in [6.45, 7) is 12.8. The summed E-state index contributed by atoms with van der Waals surface area (Å²) in [4.78, 5) is 5.14. The summed E-state index contributed by atoms with van der Waals surface area (Å²) in [6.07, 6.45) is 2.42. The van der Waals surface area contributed by atoms with Crippen molar-refractivity contribution in [3.05, 3.63) is 29.3 Å². The van der Waals surface area contributed by atoms with E-state index in [1.165, 1.54) is 56.0 Å². The van der Waals surface area contributed by atoms with Crippen LogP contribution in [-0.2, 0) is 6.42 Å². The summed E-state index contributed by atoms with van der Waals surface area (Å²) in [5, 5.41) is 0. The Hall–Kier alpha value is -1.02. The van der Waals surface area contributed by atoms with E-state index in [0.29, 0.717) is 0 Å². The molecule has 0 aliphatic carbocycles. The van der Waals surface area contributed by atoms with Gasteiger partial charge in [0.15, 0.2) is 0 Å². The van der Waals surface area contributed by atoms with Gasteiger partial charge in [-0.05, 0) is 50.0 Å². The van der Waals surface area contributed by atoms with Crippen molar-refractivity contribution in [3.8, 4) is 0 Å². The standard InChI is InChI=1S/C16H26N2/c1-4-15-14(3)8-6-9-16(15)18-11-7-10-17(5-2)12-13-18/h6,8-9H,4-5,7,10-13H2,1-3H3. The lowest BCUT2D eigenvalue weighted by Crippen LogP contribution is -2.31. The van der Waals surface area contributed by atoms with Gasteiger partial charge in [-0.2, -0.15) is 0 Å². The zero-order valence-corrected chi connectivity index (χ0v) is 12.1. The van der Waals surface area contributed by atoms with Gasteiger partial charge in [-0.3, -0.25) is 0 Å². The Morgan fingerprint density at radius 1 is 1.06 bits per heavy atom. The molecule has 1 fully saturated rings. The number of hydrogen-bond acceptors (Lipinski definition) is 2. The molecule has 0 atom stereocenters. The maximum Gasteiger partial charge on any atom is 0.0401 e. The van der Waals surface area contributed by atoms with Gasteiger partial charge in [0, 0.05) is 25.3 Å². The van der Waals surface area contributed by atoms with Gasteiger partial charge < -0.3 is 9.80 Å². The molecule has 1 aliphatic heterocycles. The van der Waals surface area contributed by atoms with Crippen molar-refractivity contribution in [1.29, 1.82) is 0 Å². The Labute approximate surface area is 112 Å². The summed E-state index contributed by atoms with van der Waals surface area (Å²) in [7, 11) is 0. The topological polar surface area (TPSA) is 6.48 Å². The predicted octanol–water partition coefficient (Wildman–Crippen LogP) is 3.09. The SMILES string of the molecule is CCc1c(C)cccc1N1CCCN(CC)CC1. The molecule has 100 valence electrons. The van der Waals surface area contributed by atoms with E-state index in [0.717, 1.165) is 6.42 Å². The number of likely N-dealkylation sites (N-methyl/N-ethyl adjacent to an activating group) is 1. The fraction of sp³-hybridized carbons (Fsp3) is 0.625. The molecule has 2 rings (SSSR count). The van der Waals surface area contributed by atoms with Gasteiger partial charge in [-0.25, -0.2) is 0 Å². The van der Waals surface area contributed by atoms with E-state index in [4.69, 9.17) is 0 Å². The van der Waals surface area contributed by atoms with Gasteiger partial charge in [0.2, 0.25) is 0 Å². The van der Waals surface area contributed by atoms with Gasteiger partial charge in [0.1, 0.15) is 0 Å². The van der Waals surface area contributed by atoms with Crippen LogP contribution in [0.15, 0.2) is 18.2 Å². The minimum atomic E-state index is 1.13. The molecule has 0 N–H and O–H groups in total. The van der Waals surface area contributed by atoms with Crippen LogP contribution in [0.25, 0.3) is 0 Å². The quantitative estimate of drug-likeness (QED) is 0.808. The molecule has 0 unspecified atom stereocenters. The Balaban J connectivity index is 2.18. The van der Waals surface area contributed by atoms with Crippen molar-refractivity contribution in [2.45, 2.75) is 33.6 Å². The van der Waals surface area contributed by atoms with Crippen LogP contribution in [0.4, 0.5) is 5.69 Å². The second kappa shape index (κ2) is 6.24. The summed E-state index contributed by atoms with van der Waals surface area (Å²) >= 11 is 0. The van der Waals surface area contributed by atoms with E-state index in [1.807, 2.05) is 0 Å².